The lowest BCUT2D eigenvalue weighted by Crippen LogP contribution is -2.34. The molecule has 0 bridgehead atoms. The van der Waals surface area contributed by atoms with Crippen molar-refractivity contribution in [3.8, 4) is 0 Å². The van der Waals surface area contributed by atoms with Gasteiger partial charge >= 0.3 is 5.97 Å². The van der Waals surface area contributed by atoms with Crippen LogP contribution in [0.1, 0.15) is 13.8 Å². The van der Waals surface area contributed by atoms with E-state index < -0.39 is 6.10 Å². The molecule has 1 atom stereocenters. The van der Waals surface area contributed by atoms with Crippen LogP contribution in [0.5, 0.6) is 0 Å². The average molecular weight is 219 g/mol. The van der Waals surface area contributed by atoms with Gasteiger partial charge in [0.25, 0.3) is 0 Å². The van der Waals surface area contributed by atoms with Crippen LogP contribution >= 0.6 is 0 Å². The van der Waals surface area contributed by atoms with Gasteiger partial charge in [-0.15, -0.1) is 0 Å². The Bertz CT molecular complexity index is 173. The van der Waals surface area contributed by atoms with Crippen molar-refractivity contribution in [3.63, 3.8) is 0 Å². The molecule has 5 heteroatoms. The summed E-state index contributed by atoms with van der Waals surface area (Å²) in [5.41, 5.74) is 0. The van der Waals surface area contributed by atoms with E-state index in [0.717, 1.165) is 0 Å². The van der Waals surface area contributed by atoms with Crippen LogP contribution in [0.4, 0.5) is 0 Å². The molecule has 0 aliphatic heterocycles. The Balaban J connectivity index is 3.33. The molecule has 15 heavy (non-hydrogen) atoms. The molecule has 0 saturated carbocycles. The molecule has 0 rings (SSSR count). The Labute approximate surface area is 90.8 Å². The Morgan fingerprint density at radius 3 is 2.60 bits per heavy atom. The van der Waals surface area contributed by atoms with Crippen molar-refractivity contribution in [2.45, 2.75) is 20.0 Å². The van der Waals surface area contributed by atoms with Crippen LogP contribution < -0.4 is 5.32 Å². The van der Waals surface area contributed by atoms with Gasteiger partial charge in [-0.2, -0.15) is 0 Å². The number of carbonyl (C=O) groups is 1. The van der Waals surface area contributed by atoms with Crippen LogP contribution in [0, 0.1) is 5.92 Å². The van der Waals surface area contributed by atoms with E-state index in [4.69, 9.17) is 4.74 Å². The van der Waals surface area contributed by atoms with Gasteiger partial charge in [0.1, 0.15) is 0 Å². The molecule has 90 valence electrons. The normalized spacial score (nSPS) is 12.9. The molecule has 0 aromatic carbocycles. The summed E-state index contributed by atoms with van der Waals surface area (Å²) in [5.74, 6) is 0.116. The highest BCUT2D eigenvalue weighted by atomic mass is 16.5. The average Bonchev–Trinajstić information content (AvgIpc) is 2.17. The summed E-state index contributed by atoms with van der Waals surface area (Å²) >= 11 is 0. The third-order valence-corrected chi connectivity index (χ3v) is 1.64. The summed E-state index contributed by atoms with van der Waals surface area (Å²) < 4.78 is 9.66. The predicted octanol–water partition coefficient (Wildman–Crippen LogP) is -0.217. The van der Waals surface area contributed by atoms with Gasteiger partial charge in [-0.25, -0.2) is 0 Å². The third-order valence-electron chi connectivity index (χ3n) is 1.64. The fourth-order valence-electron chi connectivity index (χ4n) is 0.912. The number of ether oxygens (including phenoxy) is 2. The summed E-state index contributed by atoms with van der Waals surface area (Å²) in [6.45, 7) is 5.44. The van der Waals surface area contributed by atoms with Crippen LogP contribution in [-0.2, 0) is 14.3 Å². The van der Waals surface area contributed by atoms with Gasteiger partial charge in [-0.1, -0.05) is 13.8 Å². The number of carbonyl (C=O) groups excluding carboxylic acids is 1. The quantitative estimate of drug-likeness (QED) is 0.553. The zero-order valence-corrected chi connectivity index (χ0v) is 9.66. The van der Waals surface area contributed by atoms with E-state index in [-0.39, 0.29) is 19.1 Å². The van der Waals surface area contributed by atoms with E-state index in [9.17, 15) is 9.90 Å². The Kier molecular flexibility index (Phi) is 8.27. The molecule has 0 amide bonds. The van der Waals surface area contributed by atoms with Crippen LogP contribution in [0.2, 0.25) is 0 Å². The first kappa shape index (κ1) is 14.3. The first-order chi connectivity index (χ1) is 7.06. The summed E-state index contributed by atoms with van der Waals surface area (Å²) in [6, 6.07) is 0. The van der Waals surface area contributed by atoms with Gasteiger partial charge in [0.15, 0.2) is 0 Å². The molecule has 0 heterocycles. The van der Waals surface area contributed by atoms with Crippen molar-refractivity contribution < 1.29 is 19.4 Å². The highest BCUT2D eigenvalue weighted by Crippen LogP contribution is 1.93. The minimum Gasteiger partial charge on any atom is -0.468 e. The lowest BCUT2D eigenvalue weighted by molar-refractivity contribution is -0.139. The smallest absolute Gasteiger partial charge is 0.319 e. The third kappa shape index (κ3) is 9.65. The molecule has 2 N–H and O–H groups in total. The summed E-state index contributed by atoms with van der Waals surface area (Å²) in [5, 5.41) is 12.2. The Morgan fingerprint density at radius 1 is 1.40 bits per heavy atom. The van der Waals surface area contributed by atoms with Crippen molar-refractivity contribution in [1.82, 2.24) is 5.32 Å². The molecule has 0 aromatic rings. The van der Waals surface area contributed by atoms with Crippen molar-refractivity contribution in [2.75, 3.05) is 33.4 Å². The molecule has 5 nitrogen and oxygen atoms in total. The predicted molar refractivity (Wildman–Crippen MR) is 56.5 cm³/mol. The minimum absolute atomic E-state index is 0.109. The van der Waals surface area contributed by atoms with E-state index in [1.165, 1.54) is 7.11 Å². The first-order valence-electron chi connectivity index (χ1n) is 5.09. The first-order valence-corrected chi connectivity index (χ1v) is 5.09. The molecule has 0 aliphatic carbocycles. The number of hydrogen-bond donors (Lipinski definition) is 2. The molecule has 1 unspecified atom stereocenters. The van der Waals surface area contributed by atoms with Crippen molar-refractivity contribution >= 4 is 5.97 Å². The fraction of sp³-hybridized carbons (Fsp3) is 0.900. The van der Waals surface area contributed by atoms with E-state index in [1.807, 2.05) is 13.8 Å². The second-order valence-corrected chi connectivity index (χ2v) is 3.79. The van der Waals surface area contributed by atoms with Crippen molar-refractivity contribution in [3.05, 3.63) is 0 Å². The van der Waals surface area contributed by atoms with Crippen molar-refractivity contribution in [1.29, 1.82) is 0 Å². The van der Waals surface area contributed by atoms with Crippen LogP contribution in [-0.4, -0.2) is 50.6 Å². The highest BCUT2D eigenvalue weighted by Gasteiger charge is 2.06. The molecule has 0 radical (unpaired) electrons. The van der Waals surface area contributed by atoms with Crippen LogP contribution in [0.3, 0.4) is 0 Å². The van der Waals surface area contributed by atoms with Crippen LogP contribution in [0.25, 0.3) is 0 Å². The Hall–Kier alpha value is -0.650. The highest BCUT2D eigenvalue weighted by molar-refractivity contribution is 5.71. The largest absolute Gasteiger partial charge is 0.468 e. The summed E-state index contributed by atoms with van der Waals surface area (Å²) in [7, 11) is 1.33. The number of aliphatic hydroxyl groups excluding tert-OH is 1. The molecule has 0 aliphatic rings. The van der Waals surface area contributed by atoms with E-state index in [2.05, 4.69) is 10.1 Å². The lowest BCUT2D eigenvalue weighted by Gasteiger charge is -2.12. The molecular weight excluding hydrogens is 198 g/mol. The molecular formula is C10H21NO4. The second-order valence-electron chi connectivity index (χ2n) is 3.79. The molecule has 0 aromatic heterocycles. The summed E-state index contributed by atoms with van der Waals surface area (Å²) in [6.07, 6.45) is -0.589. The van der Waals surface area contributed by atoms with Gasteiger partial charge in [0.05, 0.1) is 26.4 Å². The zero-order valence-electron chi connectivity index (χ0n) is 9.66. The second kappa shape index (κ2) is 8.64. The number of nitrogens with one attached hydrogen (secondary N) is 1. The van der Waals surface area contributed by atoms with Gasteiger partial charge in [0, 0.05) is 13.2 Å². The van der Waals surface area contributed by atoms with Gasteiger partial charge in [-0.3, -0.25) is 4.79 Å². The van der Waals surface area contributed by atoms with Gasteiger partial charge in [0.2, 0.25) is 0 Å². The molecule has 0 spiro atoms. The lowest BCUT2D eigenvalue weighted by atomic mass is 10.2. The maximum Gasteiger partial charge on any atom is 0.319 e. The van der Waals surface area contributed by atoms with Crippen LogP contribution in [0.15, 0.2) is 0 Å². The topological polar surface area (TPSA) is 67.8 Å². The molecule has 0 saturated heterocycles. The minimum atomic E-state index is -0.589. The summed E-state index contributed by atoms with van der Waals surface area (Å²) in [4.78, 5) is 10.7. The van der Waals surface area contributed by atoms with E-state index >= 15 is 0 Å². The number of methoxy groups -OCH3 is 1. The van der Waals surface area contributed by atoms with Gasteiger partial charge in [-0.05, 0) is 5.92 Å². The number of esters is 1. The fourth-order valence-corrected chi connectivity index (χ4v) is 0.912. The SMILES string of the molecule is COC(=O)CNCC(O)COCC(C)C. The van der Waals surface area contributed by atoms with E-state index in [1.54, 1.807) is 0 Å². The number of hydrogen-bond acceptors (Lipinski definition) is 5. The number of aliphatic hydroxyl groups is 1. The van der Waals surface area contributed by atoms with E-state index in [0.29, 0.717) is 19.1 Å². The monoisotopic (exact) mass is 219 g/mol. The zero-order chi connectivity index (χ0) is 11.7. The molecule has 0 fully saturated rings. The maximum absolute atomic E-state index is 10.7. The van der Waals surface area contributed by atoms with Gasteiger partial charge < -0.3 is 19.9 Å². The van der Waals surface area contributed by atoms with Crippen molar-refractivity contribution in [2.24, 2.45) is 5.92 Å². The standard InChI is InChI=1S/C10H21NO4/c1-8(2)6-15-7-9(12)4-11-5-10(13)14-3/h8-9,11-12H,4-7H2,1-3H3. The maximum atomic E-state index is 10.7. The number of rotatable bonds is 8. The Morgan fingerprint density at radius 2 is 2.07 bits per heavy atom.